The maximum atomic E-state index is 13.4. The monoisotopic (exact) mass is 588 g/mol. The van der Waals surface area contributed by atoms with Gasteiger partial charge in [-0.3, -0.25) is 14.4 Å². The van der Waals surface area contributed by atoms with Crippen LogP contribution in [0.4, 0.5) is 0 Å². The summed E-state index contributed by atoms with van der Waals surface area (Å²) in [6, 6.07) is 1.65. The summed E-state index contributed by atoms with van der Waals surface area (Å²) in [5.41, 5.74) is -3.77. The maximum absolute atomic E-state index is 13.4. The number of cyclic esters (lactones) is 1. The minimum Gasteiger partial charge on any atom is -0.472 e. The average molecular weight is 589 g/mol. The number of rotatable bonds is 5. The maximum Gasteiger partial charge on any atom is 0.339 e. The van der Waals surface area contributed by atoms with Crippen molar-refractivity contribution in [3.63, 3.8) is 0 Å². The Kier molecular flexibility index (Phi) is 7.17. The Labute approximate surface area is 244 Å². The topological polar surface area (TPSA) is 148 Å². The number of hydrogen-bond donors (Lipinski definition) is 1. The molecule has 5 rings (SSSR count). The number of aliphatic hydroxyl groups excluding tert-OH is 1. The molecule has 11 heteroatoms. The van der Waals surface area contributed by atoms with Gasteiger partial charge in [0.15, 0.2) is 6.10 Å². The molecule has 3 heterocycles. The molecule has 1 aromatic rings. The van der Waals surface area contributed by atoms with Crippen molar-refractivity contribution < 1.29 is 52.4 Å². The lowest BCUT2D eigenvalue weighted by Crippen LogP contribution is -2.80. The number of carbonyl (C=O) groups is 4. The summed E-state index contributed by atoms with van der Waals surface area (Å²) in [6.07, 6.45) is -1.70. The predicted octanol–water partition coefficient (Wildman–Crippen LogP) is 3.44. The summed E-state index contributed by atoms with van der Waals surface area (Å²) in [5.74, 6) is -3.23. The van der Waals surface area contributed by atoms with E-state index in [2.05, 4.69) is 6.58 Å². The Balaban J connectivity index is 1.75. The molecular formula is C31H40O11. The van der Waals surface area contributed by atoms with Crippen molar-refractivity contribution in [2.45, 2.75) is 96.9 Å². The molecule has 2 saturated heterocycles. The van der Waals surface area contributed by atoms with E-state index < -0.39 is 88.1 Å². The van der Waals surface area contributed by atoms with Crippen LogP contribution in [-0.4, -0.2) is 66.1 Å². The number of hydrogen-bond acceptors (Lipinski definition) is 11. The molecule has 0 amide bonds. The van der Waals surface area contributed by atoms with Gasteiger partial charge in [-0.05, 0) is 36.8 Å². The van der Waals surface area contributed by atoms with Crippen LogP contribution in [0.3, 0.4) is 0 Å². The van der Waals surface area contributed by atoms with Gasteiger partial charge < -0.3 is 33.2 Å². The van der Waals surface area contributed by atoms with E-state index >= 15 is 0 Å². The number of methoxy groups -OCH3 is 1. The van der Waals surface area contributed by atoms with Crippen LogP contribution in [0.15, 0.2) is 35.2 Å². The summed E-state index contributed by atoms with van der Waals surface area (Å²) in [6.45, 7) is 14.7. The molecule has 0 radical (unpaired) electrons. The molecule has 0 unspecified atom stereocenters. The summed E-state index contributed by atoms with van der Waals surface area (Å²) < 4.78 is 35.0. The molecule has 1 spiro atoms. The van der Waals surface area contributed by atoms with Gasteiger partial charge in [-0.1, -0.05) is 27.4 Å². The summed E-state index contributed by atoms with van der Waals surface area (Å²) in [7, 11) is 1.31. The first-order valence-corrected chi connectivity index (χ1v) is 14.2. The van der Waals surface area contributed by atoms with Crippen molar-refractivity contribution in [3.8, 4) is 0 Å². The van der Waals surface area contributed by atoms with Gasteiger partial charge in [0.1, 0.15) is 23.9 Å². The zero-order valence-corrected chi connectivity index (χ0v) is 25.1. The quantitative estimate of drug-likeness (QED) is 0.306. The average Bonchev–Trinajstić information content (AvgIpc) is 3.43. The molecule has 4 aliphatic rings. The molecule has 2 saturated carbocycles. The van der Waals surface area contributed by atoms with Crippen LogP contribution >= 0.6 is 0 Å². The van der Waals surface area contributed by atoms with E-state index in [0.29, 0.717) is 11.1 Å². The van der Waals surface area contributed by atoms with Crippen molar-refractivity contribution in [3.05, 3.63) is 36.3 Å². The molecule has 0 aromatic carbocycles. The first kappa shape index (κ1) is 30.3. The van der Waals surface area contributed by atoms with E-state index in [-0.39, 0.29) is 19.3 Å². The molecule has 10 atom stereocenters. The number of furan rings is 1. The lowest BCUT2D eigenvalue weighted by atomic mass is 9.40. The van der Waals surface area contributed by atoms with Crippen LogP contribution < -0.4 is 0 Å². The fourth-order valence-electron chi connectivity index (χ4n) is 8.69. The standard InChI is InChI=1S/C31H40O11/c1-15-29(6)13-22(40-17(3)33)30(7)26(18-9-10-38-14-18)41-27(36)25(35)31(15,30)42-20-12-21(39-16(2)32)28(4,5)19(24(20)29)11-23(34)37-8/h9-10,14,19-22,24-26,35H,1,11-13H2,2-8H3/t19-,20-,21-,22-,24+,25+,26-,29-,30-,31+/m0/s1. The Morgan fingerprint density at radius 3 is 2.31 bits per heavy atom. The number of carbonyl (C=O) groups excluding carboxylic acids is 4. The van der Waals surface area contributed by atoms with Crippen molar-refractivity contribution in [1.82, 2.24) is 0 Å². The van der Waals surface area contributed by atoms with Crippen LogP contribution in [0, 0.1) is 28.1 Å². The third-order valence-corrected chi connectivity index (χ3v) is 10.8. The molecular weight excluding hydrogens is 548 g/mol. The van der Waals surface area contributed by atoms with Gasteiger partial charge in [0.25, 0.3) is 0 Å². The molecule has 2 bridgehead atoms. The Morgan fingerprint density at radius 1 is 1.10 bits per heavy atom. The number of aliphatic hydroxyl groups is 1. The van der Waals surface area contributed by atoms with Crippen LogP contribution in [0.5, 0.6) is 0 Å². The Bertz CT molecular complexity index is 1300. The lowest BCUT2D eigenvalue weighted by molar-refractivity contribution is -0.347. The van der Waals surface area contributed by atoms with E-state index in [1.807, 2.05) is 20.8 Å². The van der Waals surface area contributed by atoms with Crippen LogP contribution in [-0.2, 0) is 42.9 Å². The summed E-state index contributed by atoms with van der Waals surface area (Å²) in [4.78, 5) is 51.0. The van der Waals surface area contributed by atoms with E-state index in [9.17, 15) is 24.3 Å². The van der Waals surface area contributed by atoms with Crippen LogP contribution in [0.2, 0.25) is 0 Å². The van der Waals surface area contributed by atoms with Gasteiger partial charge in [-0.25, -0.2) is 4.79 Å². The third-order valence-electron chi connectivity index (χ3n) is 10.8. The van der Waals surface area contributed by atoms with E-state index in [0.717, 1.165) is 0 Å². The van der Waals surface area contributed by atoms with Gasteiger partial charge >= 0.3 is 23.9 Å². The second-order valence-corrected chi connectivity index (χ2v) is 13.2. The highest BCUT2D eigenvalue weighted by Crippen LogP contribution is 2.73. The van der Waals surface area contributed by atoms with Crippen molar-refractivity contribution in [2.75, 3.05) is 7.11 Å². The zero-order chi connectivity index (χ0) is 31.0. The van der Waals surface area contributed by atoms with Crippen LogP contribution in [0.25, 0.3) is 0 Å². The first-order valence-electron chi connectivity index (χ1n) is 14.2. The van der Waals surface area contributed by atoms with Crippen molar-refractivity contribution in [1.29, 1.82) is 0 Å². The fourth-order valence-corrected chi connectivity index (χ4v) is 8.69. The highest BCUT2D eigenvalue weighted by atomic mass is 16.6. The van der Waals surface area contributed by atoms with E-state index in [4.69, 9.17) is 28.1 Å². The zero-order valence-electron chi connectivity index (χ0n) is 25.1. The van der Waals surface area contributed by atoms with Gasteiger partial charge in [-0.15, -0.1) is 0 Å². The highest BCUT2D eigenvalue weighted by Gasteiger charge is 2.80. The molecule has 1 N–H and O–H groups in total. The number of fused-ring (bicyclic) bond motifs is 3. The van der Waals surface area contributed by atoms with Crippen molar-refractivity contribution >= 4 is 23.9 Å². The minimum absolute atomic E-state index is 0.000594. The van der Waals surface area contributed by atoms with Gasteiger partial charge in [0.05, 0.1) is 31.2 Å². The van der Waals surface area contributed by atoms with E-state index in [1.165, 1.54) is 33.5 Å². The molecule has 11 nitrogen and oxygen atoms in total. The van der Waals surface area contributed by atoms with Crippen LogP contribution in [0.1, 0.15) is 72.5 Å². The normalized spacial score (nSPS) is 42.0. The predicted molar refractivity (Wildman–Crippen MR) is 144 cm³/mol. The molecule has 230 valence electrons. The number of esters is 4. The van der Waals surface area contributed by atoms with Gasteiger partial charge in [0, 0.05) is 43.1 Å². The van der Waals surface area contributed by atoms with E-state index in [1.54, 1.807) is 13.0 Å². The SMILES string of the molecule is C=C1[C@]2(C)C[C@H](OC(C)=O)[C@@]3(C)[C@H](c4ccoc4)OC(=O)[C@@H](O)[C@]13O[C@H]1C[C@H](OC(C)=O)C(C)(C)[C@@H](CC(=O)OC)[C@H]12. The lowest BCUT2D eigenvalue weighted by Gasteiger charge is -2.72. The Morgan fingerprint density at radius 2 is 1.74 bits per heavy atom. The second-order valence-electron chi connectivity index (χ2n) is 13.2. The minimum atomic E-state index is -1.81. The smallest absolute Gasteiger partial charge is 0.339 e. The van der Waals surface area contributed by atoms with Gasteiger partial charge in [-0.2, -0.15) is 0 Å². The number of ether oxygens (including phenoxy) is 5. The molecule has 2 aliphatic carbocycles. The molecule has 4 fully saturated rings. The molecule has 42 heavy (non-hydrogen) atoms. The largest absolute Gasteiger partial charge is 0.472 e. The third kappa shape index (κ3) is 3.99. The summed E-state index contributed by atoms with van der Waals surface area (Å²) >= 11 is 0. The summed E-state index contributed by atoms with van der Waals surface area (Å²) in [5, 5.41) is 11.8. The first-order chi connectivity index (χ1) is 19.5. The second kappa shape index (κ2) is 9.94. The molecule has 1 aromatic heterocycles. The highest BCUT2D eigenvalue weighted by molar-refractivity contribution is 5.80. The van der Waals surface area contributed by atoms with Crippen molar-refractivity contribution in [2.24, 2.45) is 28.1 Å². The fraction of sp³-hybridized carbons (Fsp3) is 0.677. The van der Waals surface area contributed by atoms with Gasteiger partial charge in [0.2, 0.25) is 0 Å². The molecule has 2 aliphatic heterocycles. The Hall–Kier alpha value is -3.18.